The smallest absolute Gasteiger partial charge is 0.245 e. The van der Waals surface area contributed by atoms with Crippen LogP contribution >= 0.6 is 0 Å². The standard InChI is InChI=1S/C53H87N19O13S/c1-29(2)25-37(70-86(84,85)40-20-9-13-31-32(40)14-8-18-38(31)71(4)5)51(83)72-24-12-19-39(72)49(81)68-34(15-6-7-21-54)47(79)69-44(30(3)73)50(82)64-27-42(75)63-28-43(76)65-36(26-41(55)74)48(80)67-35(17-11-23-62-53(59)60)46(78)66-33(45(56)77)16-10-22-61-52(57)58/h8-9,13-14,18,20,29-30,33-37,39,44,70,73H,6-7,10-12,15-17,19,21-28,54H2,1-5H3,(H2,55,74)(H2,56,77)(H,63,75)(H,64,82)(H,65,76)(H,66,78)(H,67,80)(H,68,81)(H,69,79)(H4,57,58,61)(H4,59,60,62)/t30-,33+,34+,35+,36+,37+,39+,44+/m1/s1. The van der Waals surface area contributed by atoms with Crippen molar-refractivity contribution in [3.05, 3.63) is 36.4 Å². The maximum Gasteiger partial charge on any atom is 0.245 e. The van der Waals surface area contributed by atoms with Gasteiger partial charge >= 0.3 is 0 Å². The number of primary amides is 2. The first-order valence-electron chi connectivity index (χ1n) is 28.1. The third-order valence-corrected chi connectivity index (χ3v) is 15.1. The van der Waals surface area contributed by atoms with Crippen LogP contribution in [0.3, 0.4) is 0 Å². The second kappa shape index (κ2) is 35.1. The van der Waals surface area contributed by atoms with Crippen LogP contribution in [0.1, 0.15) is 91.4 Å². The van der Waals surface area contributed by atoms with E-state index in [1.54, 1.807) is 24.3 Å². The van der Waals surface area contributed by atoms with E-state index >= 15 is 0 Å². The van der Waals surface area contributed by atoms with Crippen molar-refractivity contribution in [3.8, 4) is 0 Å². The van der Waals surface area contributed by atoms with Crippen molar-refractivity contribution in [2.24, 2.45) is 56.0 Å². The number of carbonyl (C=O) groups is 10. The fourth-order valence-electron chi connectivity index (χ4n) is 9.28. The molecule has 33 heteroatoms. The average molecular weight is 1230 g/mol. The Morgan fingerprint density at radius 2 is 1.22 bits per heavy atom. The summed E-state index contributed by atoms with van der Waals surface area (Å²) in [4.78, 5) is 144. The van der Waals surface area contributed by atoms with Gasteiger partial charge in [0, 0.05) is 50.2 Å². The number of nitrogens with two attached hydrogens (primary N) is 7. The number of hydrogen-bond donors (Lipinski definition) is 16. The molecule has 0 aromatic heterocycles. The predicted octanol–water partition coefficient (Wildman–Crippen LogP) is -5.78. The lowest BCUT2D eigenvalue weighted by molar-refractivity contribution is -0.141. The quantitative estimate of drug-likeness (QED) is 0.0170. The number of aliphatic hydroxyl groups excluding tert-OH is 1. The van der Waals surface area contributed by atoms with E-state index in [1.807, 2.05) is 38.9 Å². The summed E-state index contributed by atoms with van der Waals surface area (Å²) in [7, 11) is -0.656. The number of sulfonamides is 1. The minimum absolute atomic E-state index is 0.00397. The van der Waals surface area contributed by atoms with Crippen LogP contribution in [0.2, 0.25) is 0 Å². The molecular weight excluding hydrogens is 1140 g/mol. The summed E-state index contributed by atoms with van der Waals surface area (Å²) >= 11 is 0. The molecule has 1 aliphatic heterocycles. The van der Waals surface area contributed by atoms with Crippen LogP contribution in [0, 0.1) is 5.92 Å². The third-order valence-electron chi connectivity index (χ3n) is 13.5. The molecule has 1 heterocycles. The number of benzene rings is 2. The Balaban J connectivity index is 1.69. The van der Waals surface area contributed by atoms with Gasteiger partial charge in [0.2, 0.25) is 69.1 Å². The predicted molar refractivity (Wildman–Crippen MR) is 320 cm³/mol. The van der Waals surface area contributed by atoms with Crippen molar-refractivity contribution in [2.75, 3.05) is 58.3 Å². The number of guanidine groups is 2. The highest BCUT2D eigenvalue weighted by Gasteiger charge is 2.41. The number of carbonyl (C=O) groups excluding carboxylic acids is 10. The highest BCUT2D eigenvalue weighted by atomic mass is 32.2. The highest BCUT2D eigenvalue weighted by molar-refractivity contribution is 7.89. The van der Waals surface area contributed by atoms with Crippen LogP contribution in [-0.2, 0) is 58.0 Å². The van der Waals surface area contributed by atoms with Crippen molar-refractivity contribution in [1.82, 2.24) is 46.8 Å². The van der Waals surface area contributed by atoms with E-state index in [1.165, 1.54) is 17.9 Å². The van der Waals surface area contributed by atoms with Gasteiger partial charge in [0.05, 0.1) is 30.5 Å². The third kappa shape index (κ3) is 23.6. The maximum absolute atomic E-state index is 14.4. The summed E-state index contributed by atoms with van der Waals surface area (Å²) in [6, 6.07) is 0.373. The zero-order valence-electron chi connectivity index (χ0n) is 49.3. The Hall–Kier alpha value is -8.43. The molecule has 2 aromatic rings. The summed E-state index contributed by atoms with van der Waals surface area (Å²) < 4.78 is 31.0. The molecule has 0 spiro atoms. The number of likely N-dealkylation sites (tertiary alicyclic amines) is 1. The molecule has 1 aliphatic rings. The molecular formula is C53H87N19O13S. The molecule has 3 rings (SSSR count). The van der Waals surface area contributed by atoms with Gasteiger partial charge in [0.25, 0.3) is 0 Å². The zero-order valence-corrected chi connectivity index (χ0v) is 50.1. The Morgan fingerprint density at radius 1 is 0.663 bits per heavy atom. The number of anilines is 1. The number of fused-ring (bicyclic) bond motifs is 1. The molecule has 1 fully saturated rings. The van der Waals surface area contributed by atoms with Crippen LogP contribution in [0.4, 0.5) is 5.69 Å². The summed E-state index contributed by atoms with van der Waals surface area (Å²) in [5, 5.41) is 28.5. The summed E-state index contributed by atoms with van der Waals surface area (Å²) in [6.45, 7) is 3.64. The highest BCUT2D eigenvalue weighted by Crippen LogP contribution is 2.31. The normalized spacial score (nSPS) is 15.5. The first-order valence-corrected chi connectivity index (χ1v) is 29.6. The van der Waals surface area contributed by atoms with Crippen molar-refractivity contribution in [2.45, 2.75) is 145 Å². The fourth-order valence-corrected chi connectivity index (χ4v) is 10.7. The first kappa shape index (κ1) is 71.8. The molecule has 0 radical (unpaired) electrons. The van der Waals surface area contributed by atoms with E-state index in [0.717, 1.165) is 5.69 Å². The molecule has 0 unspecified atom stereocenters. The number of aliphatic hydroxyl groups is 1. The zero-order chi connectivity index (χ0) is 64.4. The first-order chi connectivity index (χ1) is 40.5. The van der Waals surface area contributed by atoms with E-state index < -0.39 is 137 Å². The lowest BCUT2D eigenvalue weighted by Crippen LogP contribution is -2.60. The van der Waals surface area contributed by atoms with E-state index in [9.17, 15) is 61.5 Å². The average Bonchev–Trinajstić information content (AvgIpc) is 1.07. The number of unbranched alkanes of at least 4 members (excludes halogenated alkanes) is 1. The Kier molecular flexibility index (Phi) is 29.3. The maximum atomic E-state index is 14.4. The van der Waals surface area contributed by atoms with Crippen LogP contribution < -0.4 is 87.0 Å². The molecule has 2 aromatic carbocycles. The van der Waals surface area contributed by atoms with Crippen molar-refractivity contribution in [3.63, 3.8) is 0 Å². The summed E-state index contributed by atoms with van der Waals surface area (Å²) in [6.07, 6.45) is -0.733. The Morgan fingerprint density at radius 3 is 1.80 bits per heavy atom. The van der Waals surface area contributed by atoms with Gasteiger partial charge in [0.1, 0.15) is 42.3 Å². The van der Waals surface area contributed by atoms with Gasteiger partial charge in [-0.2, -0.15) is 4.72 Å². The second-order valence-electron chi connectivity index (χ2n) is 21.3. The van der Waals surface area contributed by atoms with Gasteiger partial charge < -0.3 is 92.3 Å². The van der Waals surface area contributed by atoms with Gasteiger partial charge in [-0.1, -0.05) is 38.1 Å². The van der Waals surface area contributed by atoms with Gasteiger partial charge in [-0.15, -0.1) is 0 Å². The second-order valence-corrected chi connectivity index (χ2v) is 23.0. The van der Waals surface area contributed by atoms with Crippen LogP contribution in [0.15, 0.2) is 51.3 Å². The number of hydrogen-bond acceptors (Lipinski definition) is 17. The molecule has 478 valence electrons. The topological polar surface area (TPSA) is 535 Å². The lowest BCUT2D eigenvalue weighted by atomic mass is 10.0. The number of nitrogens with zero attached hydrogens (tertiary/aromatic N) is 4. The SMILES string of the molecule is CC(C)C[C@H](NS(=O)(=O)c1cccc2c(N(C)C)cccc12)C(=O)N1CCC[C@H]1C(=O)N[C@@H](CCCCN)C(=O)N[C@H](C(=O)NCC(=O)NCC(=O)N[C@@H](CC(N)=O)C(=O)N[C@@H](CCCN=C(N)N)C(=O)N[C@@H](CCCN=C(N)N)C(N)=O)[C@@H](C)O. The Labute approximate surface area is 499 Å². The van der Waals surface area contributed by atoms with Gasteiger partial charge in [-0.05, 0) is 95.7 Å². The lowest BCUT2D eigenvalue weighted by Gasteiger charge is -2.31. The van der Waals surface area contributed by atoms with E-state index in [-0.39, 0.29) is 93.9 Å². The molecule has 10 amide bonds. The number of amides is 10. The van der Waals surface area contributed by atoms with E-state index in [2.05, 4.69) is 51.9 Å². The number of aliphatic imine (C=N–C) groups is 2. The van der Waals surface area contributed by atoms with Gasteiger partial charge in [-0.3, -0.25) is 57.9 Å². The van der Waals surface area contributed by atoms with Crippen molar-refractivity contribution >= 4 is 97.5 Å². The molecule has 0 bridgehead atoms. The monoisotopic (exact) mass is 1230 g/mol. The molecule has 1 saturated heterocycles. The minimum Gasteiger partial charge on any atom is -0.391 e. The molecule has 86 heavy (non-hydrogen) atoms. The molecule has 8 atom stereocenters. The summed E-state index contributed by atoms with van der Waals surface area (Å²) in [5.41, 5.74) is 38.8. The van der Waals surface area contributed by atoms with Gasteiger partial charge in [0.15, 0.2) is 11.9 Å². The fraction of sp³-hybridized carbons (Fsp3) is 0.585. The number of rotatable bonds is 37. The summed E-state index contributed by atoms with van der Waals surface area (Å²) in [5.74, 6) is -9.88. The van der Waals surface area contributed by atoms with Crippen molar-refractivity contribution in [1.29, 1.82) is 0 Å². The molecule has 0 aliphatic carbocycles. The molecule has 32 nitrogen and oxygen atoms in total. The van der Waals surface area contributed by atoms with E-state index in [4.69, 9.17) is 40.1 Å². The van der Waals surface area contributed by atoms with Crippen LogP contribution in [0.5, 0.6) is 0 Å². The molecule has 23 N–H and O–H groups in total. The number of nitrogens with one attached hydrogen (secondary N) is 8. The van der Waals surface area contributed by atoms with Crippen LogP contribution in [-0.4, -0.2) is 191 Å². The van der Waals surface area contributed by atoms with E-state index in [0.29, 0.717) is 30.0 Å². The largest absolute Gasteiger partial charge is 0.391 e. The Bertz CT molecular complexity index is 2880. The molecule has 0 saturated carbocycles. The minimum atomic E-state index is -4.33. The van der Waals surface area contributed by atoms with Crippen molar-refractivity contribution < 1.29 is 61.5 Å². The van der Waals surface area contributed by atoms with Crippen LogP contribution in [0.25, 0.3) is 10.8 Å². The van der Waals surface area contributed by atoms with Gasteiger partial charge in [-0.25, -0.2) is 8.42 Å².